The van der Waals surface area contributed by atoms with Crippen molar-refractivity contribution in [3.8, 4) is 0 Å². The van der Waals surface area contributed by atoms with Crippen LogP contribution in [0.5, 0.6) is 0 Å². The number of hydrogen-bond donors (Lipinski definition) is 1. The third-order valence-electron chi connectivity index (χ3n) is 2.51. The minimum Gasteiger partial charge on any atom is -0.456 e. The molecule has 1 aromatic heterocycles. The Morgan fingerprint density at radius 3 is 2.89 bits per heavy atom. The van der Waals surface area contributed by atoms with Crippen molar-refractivity contribution in [3.05, 3.63) is 57.8 Å². The number of rotatable bonds is 3. The van der Waals surface area contributed by atoms with Crippen LogP contribution in [-0.4, -0.2) is 11.0 Å². The molecule has 0 aliphatic heterocycles. The van der Waals surface area contributed by atoms with Crippen molar-refractivity contribution in [2.45, 2.75) is 13.5 Å². The number of carbonyl (C=O) groups is 1. The normalized spacial score (nSPS) is 10.2. The fourth-order valence-electron chi connectivity index (χ4n) is 1.60. The van der Waals surface area contributed by atoms with E-state index < -0.39 is 5.97 Å². The number of hydrogen-bond acceptors (Lipinski definition) is 4. The molecule has 0 aliphatic carbocycles. The predicted octanol–water partition coefficient (Wildman–Crippen LogP) is 3.09. The second kappa shape index (κ2) is 5.84. The van der Waals surface area contributed by atoms with E-state index in [1.807, 2.05) is 25.1 Å². The molecule has 0 unspecified atom stereocenters. The van der Waals surface area contributed by atoms with E-state index in [-0.39, 0.29) is 6.61 Å². The quantitative estimate of drug-likeness (QED) is 0.697. The molecule has 1 aromatic carbocycles. The van der Waals surface area contributed by atoms with Crippen LogP contribution in [0.25, 0.3) is 0 Å². The molecule has 5 heteroatoms. The lowest BCUT2D eigenvalue weighted by molar-refractivity contribution is 0.0466. The fraction of sp³-hybridized carbons (Fsp3) is 0.143. The van der Waals surface area contributed by atoms with E-state index >= 15 is 0 Å². The second-order valence-corrected chi connectivity index (χ2v) is 4.94. The molecule has 0 amide bonds. The highest BCUT2D eigenvalue weighted by molar-refractivity contribution is 9.10. The molecule has 2 aromatic rings. The lowest BCUT2D eigenvalue weighted by Gasteiger charge is -2.07. The van der Waals surface area contributed by atoms with Gasteiger partial charge in [-0.05, 0) is 53.2 Å². The smallest absolute Gasteiger partial charge is 0.339 e. The number of ether oxygens (including phenoxy) is 1. The highest BCUT2D eigenvalue weighted by Crippen LogP contribution is 2.20. The zero-order valence-corrected chi connectivity index (χ0v) is 12.0. The van der Waals surface area contributed by atoms with Crippen LogP contribution in [0.2, 0.25) is 0 Å². The van der Waals surface area contributed by atoms with Gasteiger partial charge >= 0.3 is 5.97 Å². The zero-order valence-electron chi connectivity index (χ0n) is 10.4. The Labute approximate surface area is 119 Å². The minimum absolute atomic E-state index is 0.141. The highest BCUT2D eigenvalue weighted by atomic mass is 79.9. The van der Waals surface area contributed by atoms with Crippen LogP contribution in [0.1, 0.15) is 21.7 Å². The highest BCUT2D eigenvalue weighted by Gasteiger charge is 2.12. The summed E-state index contributed by atoms with van der Waals surface area (Å²) in [4.78, 5) is 16.2. The van der Waals surface area contributed by atoms with Gasteiger partial charge in [0, 0.05) is 15.9 Å². The first-order chi connectivity index (χ1) is 9.06. The van der Waals surface area contributed by atoms with Crippen LogP contribution < -0.4 is 5.73 Å². The summed E-state index contributed by atoms with van der Waals surface area (Å²) in [5.41, 5.74) is 8.18. The van der Waals surface area contributed by atoms with Crippen LogP contribution >= 0.6 is 15.9 Å². The standard InChI is InChI=1S/C14H13BrN2O2/c1-9-3-2-4-11(17-9)8-19-14(18)12-7-10(16)5-6-13(12)15/h2-7H,8,16H2,1H3. The summed E-state index contributed by atoms with van der Waals surface area (Å²) >= 11 is 3.30. The van der Waals surface area contributed by atoms with Gasteiger partial charge in [0.05, 0.1) is 11.3 Å². The third-order valence-corrected chi connectivity index (χ3v) is 3.20. The molecule has 0 radical (unpaired) electrons. The first-order valence-corrected chi connectivity index (χ1v) is 6.50. The maximum absolute atomic E-state index is 11.9. The van der Waals surface area contributed by atoms with Crippen molar-refractivity contribution in [1.82, 2.24) is 4.98 Å². The van der Waals surface area contributed by atoms with Crippen LogP contribution in [0.3, 0.4) is 0 Å². The number of carbonyl (C=O) groups excluding carboxylic acids is 1. The topological polar surface area (TPSA) is 65.2 Å². The SMILES string of the molecule is Cc1cccc(COC(=O)c2cc(N)ccc2Br)n1. The number of pyridine rings is 1. The first kappa shape index (κ1) is 13.5. The number of anilines is 1. The van der Waals surface area contributed by atoms with Crippen LogP contribution in [0.15, 0.2) is 40.9 Å². The van der Waals surface area contributed by atoms with Crippen molar-refractivity contribution >= 4 is 27.6 Å². The number of nitrogen functional groups attached to an aromatic ring is 1. The predicted molar refractivity (Wildman–Crippen MR) is 76.6 cm³/mol. The Morgan fingerprint density at radius 1 is 1.37 bits per heavy atom. The summed E-state index contributed by atoms with van der Waals surface area (Å²) in [7, 11) is 0. The molecule has 2 N–H and O–H groups in total. The Morgan fingerprint density at radius 2 is 2.16 bits per heavy atom. The van der Waals surface area contributed by atoms with Crippen LogP contribution in [0.4, 0.5) is 5.69 Å². The van der Waals surface area contributed by atoms with Gasteiger partial charge in [0.2, 0.25) is 0 Å². The molecule has 1 heterocycles. The number of esters is 1. The van der Waals surface area contributed by atoms with Crippen molar-refractivity contribution < 1.29 is 9.53 Å². The van der Waals surface area contributed by atoms with Gasteiger partial charge in [-0.25, -0.2) is 4.79 Å². The Kier molecular flexibility index (Phi) is 4.16. The Balaban J connectivity index is 2.07. The van der Waals surface area contributed by atoms with Gasteiger partial charge in [0.15, 0.2) is 0 Å². The lowest BCUT2D eigenvalue weighted by atomic mass is 10.2. The average molecular weight is 321 g/mol. The largest absolute Gasteiger partial charge is 0.456 e. The van der Waals surface area contributed by atoms with Gasteiger partial charge in [-0.15, -0.1) is 0 Å². The molecule has 0 bridgehead atoms. The number of benzene rings is 1. The minimum atomic E-state index is -0.428. The number of nitrogens with zero attached hydrogens (tertiary/aromatic N) is 1. The van der Waals surface area contributed by atoms with E-state index in [9.17, 15) is 4.79 Å². The lowest BCUT2D eigenvalue weighted by Crippen LogP contribution is -2.07. The van der Waals surface area contributed by atoms with Gasteiger partial charge in [-0.2, -0.15) is 0 Å². The summed E-state index contributed by atoms with van der Waals surface area (Å²) in [5.74, 6) is -0.428. The fourth-order valence-corrected chi connectivity index (χ4v) is 2.00. The van der Waals surface area contributed by atoms with E-state index in [2.05, 4.69) is 20.9 Å². The Hall–Kier alpha value is -1.88. The summed E-state index contributed by atoms with van der Waals surface area (Å²) in [6.45, 7) is 2.03. The molecule has 0 fully saturated rings. The molecule has 2 rings (SSSR count). The molecule has 0 atom stereocenters. The maximum Gasteiger partial charge on any atom is 0.339 e. The first-order valence-electron chi connectivity index (χ1n) is 5.71. The van der Waals surface area contributed by atoms with E-state index in [4.69, 9.17) is 10.5 Å². The Bertz CT molecular complexity index is 614. The molecule has 0 saturated heterocycles. The summed E-state index contributed by atoms with van der Waals surface area (Å²) in [5, 5.41) is 0. The molecule has 19 heavy (non-hydrogen) atoms. The molecule has 4 nitrogen and oxygen atoms in total. The monoisotopic (exact) mass is 320 g/mol. The van der Waals surface area contributed by atoms with Gasteiger partial charge in [-0.1, -0.05) is 6.07 Å². The van der Waals surface area contributed by atoms with Crippen LogP contribution in [-0.2, 0) is 11.3 Å². The zero-order chi connectivity index (χ0) is 13.8. The summed E-state index contributed by atoms with van der Waals surface area (Å²) in [6, 6.07) is 10.6. The number of halogens is 1. The molecule has 0 spiro atoms. The van der Waals surface area contributed by atoms with Crippen molar-refractivity contribution in [1.29, 1.82) is 0 Å². The van der Waals surface area contributed by atoms with Crippen molar-refractivity contribution in [3.63, 3.8) is 0 Å². The molecule has 0 aliphatic rings. The maximum atomic E-state index is 11.9. The third kappa shape index (κ3) is 3.54. The van der Waals surface area contributed by atoms with Crippen molar-refractivity contribution in [2.24, 2.45) is 0 Å². The molecule has 0 saturated carbocycles. The van der Waals surface area contributed by atoms with Gasteiger partial charge < -0.3 is 10.5 Å². The van der Waals surface area contributed by atoms with Gasteiger partial charge in [0.1, 0.15) is 6.61 Å². The number of aryl methyl sites for hydroxylation is 1. The summed E-state index contributed by atoms with van der Waals surface area (Å²) < 4.78 is 5.87. The average Bonchev–Trinajstić information content (AvgIpc) is 2.39. The second-order valence-electron chi connectivity index (χ2n) is 4.09. The number of aromatic nitrogens is 1. The van der Waals surface area contributed by atoms with E-state index in [0.29, 0.717) is 21.4 Å². The van der Waals surface area contributed by atoms with E-state index in [0.717, 1.165) is 5.69 Å². The van der Waals surface area contributed by atoms with Crippen LogP contribution in [0, 0.1) is 6.92 Å². The van der Waals surface area contributed by atoms with Gasteiger partial charge in [-0.3, -0.25) is 4.98 Å². The van der Waals surface area contributed by atoms with E-state index in [1.54, 1.807) is 18.2 Å². The van der Waals surface area contributed by atoms with Gasteiger partial charge in [0.25, 0.3) is 0 Å². The molecular formula is C14H13BrN2O2. The summed E-state index contributed by atoms with van der Waals surface area (Å²) in [6.07, 6.45) is 0. The molecule has 98 valence electrons. The molecular weight excluding hydrogens is 308 g/mol. The van der Waals surface area contributed by atoms with Crippen molar-refractivity contribution in [2.75, 3.05) is 5.73 Å². The van der Waals surface area contributed by atoms with E-state index in [1.165, 1.54) is 0 Å². The number of nitrogens with two attached hydrogens (primary N) is 1.